The maximum absolute atomic E-state index is 13.8. The van der Waals surface area contributed by atoms with Gasteiger partial charge in [-0.3, -0.25) is 14.5 Å². The van der Waals surface area contributed by atoms with Crippen molar-refractivity contribution in [1.29, 1.82) is 0 Å². The Balaban J connectivity index is 1.81. The number of anilines is 1. The number of imidazole rings is 1. The van der Waals surface area contributed by atoms with Crippen molar-refractivity contribution in [3.63, 3.8) is 0 Å². The number of aryl methyl sites for hydroxylation is 1. The molecule has 0 saturated carbocycles. The van der Waals surface area contributed by atoms with Crippen molar-refractivity contribution in [3.05, 3.63) is 59.9 Å². The Hall–Kier alpha value is -3.15. The average Bonchev–Trinajstić information content (AvgIpc) is 3.03. The lowest BCUT2D eigenvalue weighted by Gasteiger charge is -2.39. The first-order valence-electron chi connectivity index (χ1n) is 11.1. The van der Waals surface area contributed by atoms with Crippen molar-refractivity contribution in [2.24, 2.45) is 5.41 Å². The molecule has 1 aromatic heterocycles. The summed E-state index contributed by atoms with van der Waals surface area (Å²) in [5.41, 5.74) is 3.05. The number of hydrogen-bond acceptors (Lipinski definition) is 3. The zero-order chi connectivity index (χ0) is 23.3. The normalized spacial score (nSPS) is 16.9. The van der Waals surface area contributed by atoms with Crippen LogP contribution in [0.25, 0.3) is 11.0 Å². The van der Waals surface area contributed by atoms with Crippen molar-refractivity contribution in [1.82, 2.24) is 14.9 Å². The number of aromatic nitrogens is 2. The van der Waals surface area contributed by atoms with E-state index in [1.165, 1.54) is 0 Å². The van der Waals surface area contributed by atoms with Gasteiger partial charge in [0.15, 0.2) is 6.04 Å². The molecule has 2 aromatic carbocycles. The predicted octanol–water partition coefficient (Wildman–Crippen LogP) is 4.76. The third kappa shape index (κ3) is 4.27. The first-order valence-corrected chi connectivity index (χ1v) is 11.1. The van der Waals surface area contributed by atoms with E-state index in [9.17, 15) is 9.59 Å². The first kappa shape index (κ1) is 22.1. The van der Waals surface area contributed by atoms with Crippen molar-refractivity contribution in [2.75, 3.05) is 4.90 Å². The van der Waals surface area contributed by atoms with E-state index in [-0.39, 0.29) is 23.8 Å². The molecular weight excluding hydrogens is 400 g/mol. The first-order chi connectivity index (χ1) is 15.0. The Kier molecular flexibility index (Phi) is 5.35. The molecule has 1 aliphatic rings. The fourth-order valence-corrected chi connectivity index (χ4v) is 4.94. The fourth-order valence-electron chi connectivity index (χ4n) is 4.94. The van der Waals surface area contributed by atoms with Crippen LogP contribution in [0.15, 0.2) is 48.5 Å². The van der Waals surface area contributed by atoms with Crippen molar-refractivity contribution in [3.8, 4) is 0 Å². The molecule has 1 N–H and O–H groups in total. The van der Waals surface area contributed by atoms with Crippen LogP contribution in [0.3, 0.4) is 0 Å². The highest BCUT2D eigenvalue weighted by Gasteiger charge is 2.42. The highest BCUT2D eigenvalue weighted by atomic mass is 16.2. The molecule has 0 aliphatic carbocycles. The van der Waals surface area contributed by atoms with Gasteiger partial charge in [-0.25, -0.2) is 4.98 Å². The fraction of sp³-hybridized carbons (Fsp3) is 0.423. The molecule has 3 aromatic rings. The number of carbonyl (C=O) groups is 2. The lowest BCUT2D eigenvalue weighted by atomic mass is 9.81. The molecule has 1 aliphatic heterocycles. The summed E-state index contributed by atoms with van der Waals surface area (Å²) in [5.74, 6) is 0.248. The summed E-state index contributed by atoms with van der Waals surface area (Å²) in [6.45, 7) is 12.7. The zero-order valence-corrected chi connectivity index (χ0v) is 19.8. The van der Waals surface area contributed by atoms with Crippen LogP contribution in [0.4, 0.5) is 5.69 Å². The molecule has 1 atom stereocenters. The quantitative estimate of drug-likeness (QED) is 0.646. The van der Waals surface area contributed by atoms with E-state index >= 15 is 0 Å². The van der Waals surface area contributed by atoms with Gasteiger partial charge in [-0.2, -0.15) is 0 Å². The minimum absolute atomic E-state index is 0.0446. The molecule has 4 rings (SSSR count). The second kappa shape index (κ2) is 7.76. The summed E-state index contributed by atoms with van der Waals surface area (Å²) in [5, 5.41) is 3.21. The highest BCUT2D eigenvalue weighted by Crippen LogP contribution is 2.35. The Morgan fingerprint density at radius 1 is 1.06 bits per heavy atom. The van der Waals surface area contributed by atoms with E-state index in [1.54, 1.807) is 4.90 Å². The number of rotatable bonds is 4. The second-order valence-electron chi connectivity index (χ2n) is 10.7. The molecular formula is C26H32N4O2. The third-order valence-corrected chi connectivity index (χ3v) is 5.74. The van der Waals surface area contributed by atoms with E-state index in [0.717, 1.165) is 23.0 Å². The smallest absolute Gasteiger partial charge is 0.251 e. The summed E-state index contributed by atoms with van der Waals surface area (Å²) in [6.07, 6.45) is 0.799. The van der Waals surface area contributed by atoms with E-state index in [2.05, 4.69) is 26.1 Å². The average molecular weight is 433 g/mol. The molecule has 0 fully saturated rings. The summed E-state index contributed by atoms with van der Waals surface area (Å²) in [4.78, 5) is 33.6. The van der Waals surface area contributed by atoms with Gasteiger partial charge in [-0.1, -0.05) is 50.6 Å². The number of para-hydroxylation sites is 2. The van der Waals surface area contributed by atoms with Crippen LogP contribution in [-0.2, 0) is 16.1 Å². The maximum Gasteiger partial charge on any atom is 0.251 e. The Morgan fingerprint density at radius 2 is 1.72 bits per heavy atom. The van der Waals surface area contributed by atoms with Gasteiger partial charge in [-0.05, 0) is 56.9 Å². The third-order valence-electron chi connectivity index (χ3n) is 5.74. The number of hydrogen-bond donors (Lipinski definition) is 1. The van der Waals surface area contributed by atoms with E-state index in [1.807, 2.05) is 73.9 Å². The minimum atomic E-state index is -0.842. The molecule has 0 saturated heterocycles. The SMILES string of the molecule is Cc1ccc(N2C(=O)Cn3c(nc4ccccc43)C2C(=O)NC(C)(C)CC(C)(C)C)cc1. The monoisotopic (exact) mass is 432 g/mol. The van der Waals surface area contributed by atoms with Gasteiger partial charge in [0.2, 0.25) is 5.91 Å². The van der Waals surface area contributed by atoms with Gasteiger partial charge >= 0.3 is 0 Å². The van der Waals surface area contributed by atoms with Gasteiger partial charge < -0.3 is 9.88 Å². The molecule has 1 unspecified atom stereocenters. The van der Waals surface area contributed by atoms with Crippen molar-refractivity contribution >= 4 is 28.5 Å². The van der Waals surface area contributed by atoms with Crippen LogP contribution >= 0.6 is 0 Å². The Labute approximate surface area is 189 Å². The molecule has 2 heterocycles. The second-order valence-corrected chi connectivity index (χ2v) is 10.7. The van der Waals surface area contributed by atoms with Gasteiger partial charge in [0.25, 0.3) is 5.91 Å². The largest absolute Gasteiger partial charge is 0.349 e. The van der Waals surface area contributed by atoms with Crippen LogP contribution in [0.5, 0.6) is 0 Å². The molecule has 0 spiro atoms. The summed E-state index contributed by atoms with van der Waals surface area (Å²) < 4.78 is 1.88. The lowest BCUT2D eigenvalue weighted by molar-refractivity contribution is -0.129. The molecule has 6 nitrogen and oxygen atoms in total. The Morgan fingerprint density at radius 3 is 2.38 bits per heavy atom. The van der Waals surface area contributed by atoms with Crippen LogP contribution in [0, 0.1) is 12.3 Å². The van der Waals surface area contributed by atoms with Gasteiger partial charge in [0.05, 0.1) is 11.0 Å². The van der Waals surface area contributed by atoms with Crippen LogP contribution in [0.2, 0.25) is 0 Å². The number of nitrogens with zero attached hydrogens (tertiary/aromatic N) is 3. The predicted molar refractivity (Wildman–Crippen MR) is 127 cm³/mol. The van der Waals surface area contributed by atoms with Crippen molar-refractivity contribution in [2.45, 2.75) is 66.1 Å². The number of nitrogens with one attached hydrogen (secondary N) is 1. The Bertz CT molecular complexity index is 1170. The van der Waals surface area contributed by atoms with E-state index in [0.29, 0.717) is 11.5 Å². The number of carbonyl (C=O) groups excluding carboxylic acids is 2. The van der Waals surface area contributed by atoms with Gasteiger partial charge in [0.1, 0.15) is 12.4 Å². The number of amides is 2. The molecule has 0 bridgehead atoms. The standard InChI is InChI=1S/C26H32N4O2/c1-17-11-13-18(14-12-17)30-21(31)15-29-20-10-8-7-9-19(20)27-23(29)22(30)24(32)28-26(5,6)16-25(2,3)4/h7-14,22H,15-16H2,1-6H3,(H,28,32). The summed E-state index contributed by atoms with van der Waals surface area (Å²) >= 11 is 0. The van der Waals surface area contributed by atoms with E-state index < -0.39 is 11.6 Å². The maximum atomic E-state index is 13.8. The number of fused-ring (bicyclic) bond motifs is 3. The summed E-state index contributed by atoms with van der Waals surface area (Å²) in [6, 6.07) is 14.6. The minimum Gasteiger partial charge on any atom is -0.349 e. The molecule has 2 amide bonds. The van der Waals surface area contributed by atoms with Crippen LogP contribution in [-0.4, -0.2) is 26.9 Å². The summed E-state index contributed by atoms with van der Waals surface area (Å²) in [7, 11) is 0. The van der Waals surface area contributed by atoms with Crippen molar-refractivity contribution < 1.29 is 9.59 Å². The van der Waals surface area contributed by atoms with Gasteiger partial charge in [-0.15, -0.1) is 0 Å². The number of benzene rings is 2. The highest BCUT2D eigenvalue weighted by molar-refractivity contribution is 6.03. The lowest BCUT2D eigenvalue weighted by Crippen LogP contribution is -2.54. The molecule has 168 valence electrons. The molecule has 32 heavy (non-hydrogen) atoms. The van der Waals surface area contributed by atoms with E-state index in [4.69, 9.17) is 4.98 Å². The topological polar surface area (TPSA) is 67.2 Å². The zero-order valence-electron chi connectivity index (χ0n) is 19.8. The van der Waals surface area contributed by atoms with Crippen LogP contribution < -0.4 is 10.2 Å². The van der Waals surface area contributed by atoms with Gasteiger partial charge in [0, 0.05) is 11.2 Å². The van der Waals surface area contributed by atoms with Crippen LogP contribution in [0.1, 0.15) is 58.5 Å². The molecule has 0 radical (unpaired) electrons. The molecule has 6 heteroatoms.